The fourth-order valence-corrected chi connectivity index (χ4v) is 5.49. The number of fused-ring (bicyclic) bond motifs is 1. The monoisotopic (exact) mass is 543 g/mol. The molecular formula is C31H33N3O6. The zero-order valence-corrected chi connectivity index (χ0v) is 23.1. The molecule has 0 aromatic heterocycles. The van der Waals surface area contributed by atoms with Gasteiger partial charge in [-0.2, -0.15) is 0 Å². The van der Waals surface area contributed by atoms with Gasteiger partial charge in [-0.15, -0.1) is 0 Å². The summed E-state index contributed by atoms with van der Waals surface area (Å²) < 4.78 is 16.6. The van der Waals surface area contributed by atoms with Crippen molar-refractivity contribution in [2.45, 2.75) is 38.6 Å². The highest BCUT2D eigenvalue weighted by Crippen LogP contribution is 2.43. The number of methoxy groups -OCH3 is 3. The number of benzene rings is 3. The predicted octanol–water partition coefficient (Wildman–Crippen LogP) is 5.03. The third-order valence-corrected chi connectivity index (χ3v) is 7.57. The Labute approximate surface area is 233 Å². The van der Waals surface area contributed by atoms with Crippen LogP contribution in [0.4, 0.5) is 17.1 Å². The van der Waals surface area contributed by atoms with Crippen LogP contribution in [0.2, 0.25) is 0 Å². The minimum Gasteiger partial charge on any atom is -0.495 e. The quantitative estimate of drug-likeness (QED) is 0.433. The van der Waals surface area contributed by atoms with E-state index >= 15 is 0 Å². The van der Waals surface area contributed by atoms with Crippen molar-refractivity contribution in [2.75, 3.05) is 36.9 Å². The third kappa shape index (κ3) is 5.19. The summed E-state index contributed by atoms with van der Waals surface area (Å²) in [6.07, 6.45) is 1.58. The number of carbonyl (C=O) groups excluding carboxylic acids is 3. The van der Waals surface area contributed by atoms with Gasteiger partial charge >= 0.3 is 0 Å². The Morgan fingerprint density at radius 1 is 0.875 bits per heavy atom. The number of carbonyl (C=O) groups is 3. The van der Waals surface area contributed by atoms with Crippen molar-refractivity contribution in [1.82, 2.24) is 0 Å². The molecule has 2 heterocycles. The number of rotatable bonds is 7. The predicted molar refractivity (Wildman–Crippen MR) is 152 cm³/mol. The van der Waals surface area contributed by atoms with Crippen molar-refractivity contribution in [3.05, 3.63) is 71.3 Å². The SMILES string of the molecule is COc1cc2c(cc1NC(=O)C1CCC(=O)N(c3ccc(C)cc3)C1c1ccc(OC)c(OC)c1)NC(=O)CC2. The third-order valence-electron chi connectivity index (χ3n) is 7.57. The Morgan fingerprint density at radius 2 is 1.60 bits per heavy atom. The van der Waals surface area contributed by atoms with Crippen LogP contribution in [-0.2, 0) is 20.8 Å². The summed E-state index contributed by atoms with van der Waals surface area (Å²) in [5.41, 5.74) is 4.59. The number of piperidine rings is 1. The molecular weight excluding hydrogens is 510 g/mol. The van der Waals surface area contributed by atoms with Crippen molar-refractivity contribution < 1.29 is 28.6 Å². The Kier molecular flexibility index (Phi) is 7.64. The lowest BCUT2D eigenvalue weighted by Crippen LogP contribution is -2.47. The fraction of sp³-hybridized carbons (Fsp3) is 0.323. The van der Waals surface area contributed by atoms with Gasteiger partial charge in [0.25, 0.3) is 0 Å². The highest BCUT2D eigenvalue weighted by atomic mass is 16.5. The van der Waals surface area contributed by atoms with E-state index in [4.69, 9.17) is 14.2 Å². The molecule has 0 radical (unpaired) electrons. The van der Waals surface area contributed by atoms with Crippen LogP contribution in [0.25, 0.3) is 0 Å². The molecule has 1 saturated heterocycles. The Morgan fingerprint density at radius 3 is 2.30 bits per heavy atom. The summed E-state index contributed by atoms with van der Waals surface area (Å²) in [4.78, 5) is 41.2. The number of aryl methyl sites for hydroxylation is 2. The molecule has 2 aliphatic heterocycles. The highest BCUT2D eigenvalue weighted by molar-refractivity contribution is 6.02. The molecule has 0 bridgehead atoms. The molecule has 0 aliphatic carbocycles. The van der Waals surface area contributed by atoms with Crippen molar-refractivity contribution in [3.8, 4) is 17.2 Å². The van der Waals surface area contributed by atoms with Gasteiger partial charge in [0.2, 0.25) is 17.7 Å². The van der Waals surface area contributed by atoms with Crippen LogP contribution >= 0.6 is 0 Å². The molecule has 40 heavy (non-hydrogen) atoms. The molecule has 9 nitrogen and oxygen atoms in total. The lowest BCUT2D eigenvalue weighted by Gasteiger charge is -2.41. The summed E-state index contributed by atoms with van der Waals surface area (Å²) in [6.45, 7) is 1.98. The molecule has 208 valence electrons. The maximum Gasteiger partial charge on any atom is 0.230 e. The van der Waals surface area contributed by atoms with Crippen LogP contribution in [0, 0.1) is 12.8 Å². The van der Waals surface area contributed by atoms with E-state index in [1.54, 1.807) is 38.4 Å². The Hall–Kier alpha value is -4.53. The smallest absolute Gasteiger partial charge is 0.230 e. The Bertz CT molecular complexity index is 1450. The molecule has 2 unspecified atom stereocenters. The van der Waals surface area contributed by atoms with Gasteiger partial charge in [-0.05, 0) is 67.3 Å². The summed E-state index contributed by atoms with van der Waals surface area (Å²) in [5.74, 6) is 0.584. The van der Waals surface area contributed by atoms with Gasteiger partial charge in [0.1, 0.15) is 5.75 Å². The van der Waals surface area contributed by atoms with Gasteiger partial charge in [-0.3, -0.25) is 14.4 Å². The van der Waals surface area contributed by atoms with Crippen molar-refractivity contribution >= 4 is 34.8 Å². The number of hydrogen-bond acceptors (Lipinski definition) is 6. The normalized spacial score (nSPS) is 18.4. The van der Waals surface area contributed by atoms with Crippen LogP contribution < -0.4 is 29.7 Å². The maximum absolute atomic E-state index is 14.0. The molecule has 2 atom stereocenters. The van der Waals surface area contributed by atoms with E-state index < -0.39 is 12.0 Å². The zero-order chi connectivity index (χ0) is 28.4. The first-order valence-electron chi connectivity index (χ1n) is 13.2. The minimum atomic E-state index is -0.605. The van der Waals surface area contributed by atoms with E-state index in [0.717, 1.165) is 16.7 Å². The molecule has 2 N–H and O–H groups in total. The second-order valence-electron chi connectivity index (χ2n) is 10.1. The largest absolute Gasteiger partial charge is 0.495 e. The van der Waals surface area contributed by atoms with Crippen LogP contribution in [0.3, 0.4) is 0 Å². The Balaban J connectivity index is 1.56. The molecule has 0 spiro atoms. The maximum atomic E-state index is 14.0. The molecule has 3 aromatic rings. The molecule has 3 aromatic carbocycles. The summed E-state index contributed by atoms with van der Waals surface area (Å²) in [5, 5.41) is 5.91. The second kappa shape index (κ2) is 11.3. The highest BCUT2D eigenvalue weighted by Gasteiger charge is 2.42. The number of amides is 3. The van der Waals surface area contributed by atoms with Gasteiger partial charge < -0.3 is 29.7 Å². The van der Waals surface area contributed by atoms with Crippen LogP contribution in [0.1, 0.15) is 42.0 Å². The first-order valence-corrected chi connectivity index (χ1v) is 13.2. The van der Waals surface area contributed by atoms with Gasteiger partial charge in [-0.25, -0.2) is 0 Å². The number of nitrogens with one attached hydrogen (secondary N) is 2. The van der Waals surface area contributed by atoms with Crippen LogP contribution in [0.5, 0.6) is 17.2 Å². The number of ether oxygens (including phenoxy) is 3. The minimum absolute atomic E-state index is 0.0667. The van der Waals surface area contributed by atoms with Crippen LogP contribution in [0.15, 0.2) is 54.6 Å². The number of anilines is 3. The second-order valence-corrected chi connectivity index (χ2v) is 10.1. The average Bonchev–Trinajstić information content (AvgIpc) is 2.96. The number of nitrogens with zero attached hydrogens (tertiary/aromatic N) is 1. The van der Waals surface area contributed by atoms with E-state index in [9.17, 15) is 14.4 Å². The first kappa shape index (κ1) is 27.1. The van der Waals surface area contributed by atoms with Gasteiger partial charge in [0, 0.05) is 24.2 Å². The zero-order valence-electron chi connectivity index (χ0n) is 23.1. The average molecular weight is 544 g/mol. The standard InChI is InChI=1S/C31H33N3O6/c1-18-5-9-21(10-6-18)34-29(36)14-11-22(30(34)20-7-12-25(38-2)27(16-20)40-4)31(37)33-24-17-23-19(15-26(24)39-3)8-13-28(35)32-23/h5-7,9-10,12,15-17,22,30H,8,11,13-14H2,1-4H3,(H,32,35)(H,33,37). The molecule has 9 heteroatoms. The van der Waals surface area contributed by atoms with E-state index in [0.29, 0.717) is 53.6 Å². The molecule has 3 amide bonds. The van der Waals surface area contributed by atoms with E-state index in [2.05, 4.69) is 10.6 Å². The lowest BCUT2D eigenvalue weighted by atomic mass is 9.83. The summed E-state index contributed by atoms with van der Waals surface area (Å²) in [7, 11) is 4.66. The molecule has 2 aliphatic rings. The van der Waals surface area contributed by atoms with Gasteiger partial charge in [-0.1, -0.05) is 23.8 Å². The number of hydrogen-bond donors (Lipinski definition) is 2. The molecule has 5 rings (SSSR count). The van der Waals surface area contributed by atoms with Gasteiger partial charge in [0.15, 0.2) is 11.5 Å². The molecule has 1 fully saturated rings. The lowest BCUT2D eigenvalue weighted by molar-refractivity contribution is -0.126. The summed E-state index contributed by atoms with van der Waals surface area (Å²) in [6, 6.07) is 16.1. The van der Waals surface area contributed by atoms with Crippen molar-refractivity contribution in [3.63, 3.8) is 0 Å². The van der Waals surface area contributed by atoms with Gasteiger partial charge in [0.05, 0.1) is 39.0 Å². The van der Waals surface area contributed by atoms with Crippen molar-refractivity contribution in [1.29, 1.82) is 0 Å². The van der Waals surface area contributed by atoms with E-state index in [-0.39, 0.29) is 24.1 Å². The van der Waals surface area contributed by atoms with E-state index in [1.807, 2.05) is 49.4 Å². The van der Waals surface area contributed by atoms with E-state index in [1.165, 1.54) is 0 Å². The fourth-order valence-electron chi connectivity index (χ4n) is 5.49. The van der Waals surface area contributed by atoms with Crippen LogP contribution in [-0.4, -0.2) is 39.1 Å². The summed E-state index contributed by atoms with van der Waals surface area (Å²) >= 11 is 0. The molecule has 0 saturated carbocycles. The topological polar surface area (TPSA) is 106 Å². The first-order chi connectivity index (χ1) is 19.3. The van der Waals surface area contributed by atoms with Crippen molar-refractivity contribution in [2.24, 2.45) is 5.92 Å².